The highest BCUT2D eigenvalue weighted by Crippen LogP contribution is 2.29. The molecule has 30 heavy (non-hydrogen) atoms. The lowest BCUT2D eigenvalue weighted by Crippen LogP contribution is -2.24. The van der Waals surface area contributed by atoms with E-state index in [1.807, 2.05) is 13.0 Å². The van der Waals surface area contributed by atoms with Gasteiger partial charge in [-0.05, 0) is 55.0 Å². The second kappa shape index (κ2) is 10.3. The second-order valence-corrected chi connectivity index (χ2v) is 8.19. The molecule has 1 atom stereocenters. The number of benzene rings is 3. The number of rotatable bonds is 7. The number of carbonyl (C=O) groups excluding carboxylic acids is 2. The summed E-state index contributed by atoms with van der Waals surface area (Å²) < 4.78 is 13.8. The number of halogens is 2. The molecule has 3 rings (SSSR count). The van der Waals surface area contributed by atoms with Crippen molar-refractivity contribution < 1.29 is 14.0 Å². The fourth-order valence-electron chi connectivity index (χ4n) is 2.77. The predicted octanol–water partition coefficient (Wildman–Crippen LogP) is 6.24. The molecule has 0 bridgehead atoms. The van der Waals surface area contributed by atoms with E-state index in [1.54, 1.807) is 48.5 Å². The molecule has 0 radical (unpaired) electrons. The summed E-state index contributed by atoms with van der Waals surface area (Å²) in [5, 5.41) is 5.79. The molecule has 0 spiro atoms. The minimum Gasteiger partial charge on any atom is -0.325 e. The number of hydrogen-bond acceptors (Lipinski definition) is 3. The highest BCUT2D eigenvalue weighted by atomic mass is 35.5. The first-order chi connectivity index (χ1) is 14.5. The van der Waals surface area contributed by atoms with E-state index in [4.69, 9.17) is 11.6 Å². The van der Waals surface area contributed by atoms with Crippen LogP contribution in [0.1, 0.15) is 23.7 Å². The van der Waals surface area contributed by atoms with Crippen LogP contribution >= 0.6 is 23.4 Å². The van der Waals surface area contributed by atoms with Crippen LogP contribution in [0, 0.1) is 5.82 Å². The normalized spacial score (nSPS) is 11.6. The third kappa shape index (κ3) is 5.84. The Labute approximate surface area is 183 Å². The molecule has 0 fully saturated rings. The first kappa shape index (κ1) is 21.9. The van der Waals surface area contributed by atoms with Gasteiger partial charge in [-0.2, -0.15) is 0 Å². The molecule has 4 nitrogen and oxygen atoms in total. The van der Waals surface area contributed by atoms with Crippen LogP contribution in [-0.4, -0.2) is 17.1 Å². The SMILES string of the molecule is CCC(Sc1cccc(NC(=O)c2ccccc2F)c1)C(=O)Nc1cccc(Cl)c1. The van der Waals surface area contributed by atoms with Crippen molar-refractivity contribution in [1.82, 2.24) is 0 Å². The molecule has 0 aliphatic heterocycles. The topological polar surface area (TPSA) is 58.2 Å². The molecule has 0 aromatic heterocycles. The maximum absolute atomic E-state index is 13.8. The van der Waals surface area contributed by atoms with E-state index in [0.717, 1.165) is 4.90 Å². The number of hydrogen-bond donors (Lipinski definition) is 2. The lowest BCUT2D eigenvalue weighted by Gasteiger charge is -2.15. The standard InChI is InChI=1S/C23H20ClFN2O2S/c1-2-21(23(29)27-16-8-5-7-15(24)13-16)30-18-10-6-9-17(14-18)26-22(28)19-11-3-4-12-20(19)25/h3-14,21H,2H2,1H3,(H,26,28)(H,27,29). The van der Waals surface area contributed by atoms with Crippen molar-refractivity contribution in [3.8, 4) is 0 Å². The summed E-state index contributed by atoms with van der Waals surface area (Å²) in [6.07, 6.45) is 0.614. The van der Waals surface area contributed by atoms with Gasteiger partial charge in [0.15, 0.2) is 0 Å². The third-order valence-corrected chi connectivity index (χ3v) is 5.84. The van der Waals surface area contributed by atoms with Gasteiger partial charge in [-0.3, -0.25) is 9.59 Å². The van der Waals surface area contributed by atoms with E-state index in [9.17, 15) is 14.0 Å². The molecule has 0 saturated carbocycles. The van der Waals surface area contributed by atoms with E-state index < -0.39 is 11.7 Å². The average Bonchev–Trinajstić information content (AvgIpc) is 2.72. The molecule has 2 amide bonds. The van der Waals surface area contributed by atoms with Gasteiger partial charge >= 0.3 is 0 Å². The molecule has 3 aromatic carbocycles. The van der Waals surface area contributed by atoms with E-state index in [-0.39, 0.29) is 16.7 Å². The van der Waals surface area contributed by atoms with Crippen LogP contribution in [0.15, 0.2) is 77.7 Å². The molecule has 7 heteroatoms. The fraction of sp³-hybridized carbons (Fsp3) is 0.130. The Morgan fingerprint density at radius 1 is 0.967 bits per heavy atom. The summed E-state index contributed by atoms with van der Waals surface area (Å²) in [6.45, 7) is 1.93. The number of thioether (sulfide) groups is 1. The summed E-state index contributed by atoms with van der Waals surface area (Å²) in [4.78, 5) is 25.8. The Balaban J connectivity index is 1.67. The van der Waals surface area contributed by atoms with Crippen molar-refractivity contribution in [3.05, 3.63) is 89.2 Å². The molecule has 1 unspecified atom stereocenters. The van der Waals surface area contributed by atoms with Crippen LogP contribution in [0.4, 0.5) is 15.8 Å². The van der Waals surface area contributed by atoms with Crippen LogP contribution in [0.3, 0.4) is 0 Å². The highest BCUT2D eigenvalue weighted by Gasteiger charge is 2.19. The molecule has 0 aliphatic carbocycles. The zero-order valence-electron chi connectivity index (χ0n) is 16.2. The number of carbonyl (C=O) groups is 2. The van der Waals surface area contributed by atoms with Crippen molar-refractivity contribution in [2.75, 3.05) is 10.6 Å². The maximum Gasteiger partial charge on any atom is 0.258 e. The highest BCUT2D eigenvalue weighted by molar-refractivity contribution is 8.00. The van der Waals surface area contributed by atoms with Crippen LogP contribution < -0.4 is 10.6 Å². The molecule has 0 heterocycles. The number of amides is 2. The molecule has 0 saturated heterocycles. The van der Waals surface area contributed by atoms with Crippen molar-refractivity contribution in [2.24, 2.45) is 0 Å². The Morgan fingerprint density at radius 3 is 2.37 bits per heavy atom. The Bertz CT molecular complexity index is 1060. The monoisotopic (exact) mass is 442 g/mol. The number of anilines is 2. The minimum atomic E-state index is -0.579. The summed E-state index contributed by atoms with van der Waals surface area (Å²) >= 11 is 7.36. The summed E-state index contributed by atoms with van der Waals surface area (Å²) in [5.74, 6) is -1.24. The van der Waals surface area contributed by atoms with Gasteiger partial charge in [-0.25, -0.2) is 4.39 Å². The fourth-order valence-corrected chi connectivity index (χ4v) is 3.97. The van der Waals surface area contributed by atoms with Crippen LogP contribution in [0.25, 0.3) is 0 Å². The Morgan fingerprint density at radius 2 is 1.67 bits per heavy atom. The summed E-state index contributed by atoms with van der Waals surface area (Å²) in [5.41, 5.74) is 1.14. The van der Waals surface area contributed by atoms with Crippen molar-refractivity contribution in [1.29, 1.82) is 0 Å². The molecule has 154 valence electrons. The first-order valence-electron chi connectivity index (χ1n) is 9.35. The average molecular weight is 443 g/mol. The molecule has 0 aliphatic rings. The molecular weight excluding hydrogens is 423 g/mol. The lowest BCUT2D eigenvalue weighted by molar-refractivity contribution is -0.115. The van der Waals surface area contributed by atoms with Crippen molar-refractivity contribution >= 4 is 46.6 Å². The second-order valence-electron chi connectivity index (χ2n) is 6.48. The Kier molecular flexibility index (Phi) is 7.49. The number of nitrogens with one attached hydrogen (secondary N) is 2. The molecule has 3 aromatic rings. The van der Waals surface area contributed by atoms with E-state index >= 15 is 0 Å². The zero-order valence-corrected chi connectivity index (χ0v) is 17.8. The third-order valence-electron chi connectivity index (χ3n) is 4.24. The quantitative estimate of drug-likeness (QED) is 0.426. The van der Waals surface area contributed by atoms with Gasteiger partial charge in [0.1, 0.15) is 5.82 Å². The predicted molar refractivity (Wildman–Crippen MR) is 121 cm³/mol. The lowest BCUT2D eigenvalue weighted by atomic mass is 10.2. The van der Waals surface area contributed by atoms with E-state index in [2.05, 4.69) is 10.6 Å². The van der Waals surface area contributed by atoms with E-state index in [0.29, 0.717) is 22.8 Å². The first-order valence-corrected chi connectivity index (χ1v) is 10.6. The van der Waals surface area contributed by atoms with Crippen LogP contribution in [0.5, 0.6) is 0 Å². The smallest absolute Gasteiger partial charge is 0.258 e. The van der Waals surface area contributed by atoms with E-state index in [1.165, 1.54) is 30.0 Å². The van der Waals surface area contributed by atoms with Gasteiger partial charge in [-0.1, -0.05) is 42.8 Å². The Hall–Kier alpha value is -2.83. The van der Waals surface area contributed by atoms with Crippen molar-refractivity contribution in [3.63, 3.8) is 0 Å². The zero-order chi connectivity index (χ0) is 21.5. The molecule has 2 N–H and O–H groups in total. The van der Waals surface area contributed by atoms with Crippen LogP contribution in [-0.2, 0) is 4.79 Å². The maximum atomic E-state index is 13.8. The van der Waals surface area contributed by atoms with Gasteiger partial charge in [0.05, 0.1) is 10.8 Å². The van der Waals surface area contributed by atoms with Gasteiger partial charge in [-0.15, -0.1) is 11.8 Å². The van der Waals surface area contributed by atoms with Gasteiger partial charge < -0.3 is 10.6 Å². The van der Waals surface area contributed by atoms with Crippen LogP contribution in [0.2, 0.25) is 5.02 Å². The minimum absolute atomic E-state index is 0.0251. The molecular formula is C23H20ClFN2O2S. The van der Waals surface area contributed by atoms with Gasteiger partial charge in [0.2, 0.25) is 5.91 Å². The van der Waals surface area contributed by atoms with Gasteiger partial charge in [0.25, 0.3) is 5.91 Å². The largest absolute Gasteiger partial charge is 0.325 e. The summed E-state index contributed by atoms with van der Waals surface area (Å²) in [6, 6.07) is 19.9. The van der Waals surface area contributed by atoms with Gasteiger partial charge in [0, 0.05) is 21.3 Å². The van der Waals surface area contributed by atoms with Crippen molar-refractivity contribution in [2.45, 2.75) is 23.5 Å². The summed E-state index contributed by atoms with van der Waals surface area (Å²) in [7, 11) is 0.